The molecule has 21 heavy (non-hydrogen) atoms. The van der Waals surface area contributed by atoms with Crippen molar-refractivity contribution in [1.82, 2.24) is 15.1 Å². The molecule has 4 nitrogen and oxygen atoms in total. The lowest BCUT2D eigenvalue weighted by atomic mass is 9.99. The number of amides is 1. The molecule has 0 aromatic heterocycles. The molecule has 1 N–H and O–H groups in total. The van der Waals surface area contributed by atoms with E-state index in [1.54, 1.807) is 0 Å². The van der Waals surface area contributed by atoms with E-state index in [1.165, 1.54) is 12.8 Å². The lowest BCUT2D eigenvalue weighted by Crippen LogP contribution is -2.46. The van der Waals surface area contributed by atoms with Gasteiger partial charge >= 0.3 is 0 Å². The highest BCUT2D eigenvalue weighted by molar-refractivity contribution is 5.84. The van der Waals surface area contributed by atoms with Crippen molar-refractivity contribution in [2.24, 2.45) is 5.92 Å². The molecule has 1 saturated carbocycles. The van der Waals surface area contributed by atoms with Crippen LogP contribution < -0.4 is 5.32 Å². The summed E-state index contributed by atoms with van der Waals surface area (Å²) < 4.78 is 0. The molecule has 1 amide bonds. The van der Waals surface area contributed by atoms with E-state index >= 15 is 0 Å². The van der Waals surface area contributed by atoms with Crippen LogP contribution in [0, 0.1) is 5.92 Å². The molecule has 4 atom stereocenters. The maximum absolute atomic E-state index is 12.8. The van der Waals surface area contributed by atoms with Crippen molar-refractivity contribution in [3.8, 4) is 0 Å². The SMILES string of the molecule is CCCC1NC(C(C)CC)C(=O)N1CC(C)N(C)C1CC1. The maximum Gasteiger partial charge on any atom is 0.241 e. The lowest BCUT2D eigenvalue weighted by molar-refractivity contribution is -0.131. The summed E-state index contributed by atoms with van der Waals surface area (Å²) in [6.45, 7) is 9.66. The molecule has 4 heteroatoms. The molecule has 0 aromatic rings. The summed E-state index contributed by atoms with van der Waals surface area (Å²) in [6.07, 6.45) is 6.09. The molecule has 2 aliphatic rings. The van der Waals surface area contributed by atoms with Crippen LogP contribution in [0.5, 0.6) is 0 Å². The van der Waals surface area contributed by atoms with Crippen molar-refractivity contribution in [2.45, 2.75) is 84.1 Å². The van der Waals surface area contributed by atoms with Gasteiger partial charge in [-0.3, -0.25) is 15.0 Å². The Morgan fingerprint density at radius 2 is 2.00 bits per heavy atom. The van der Waals surface area contributed by atoms with Crippen molar-refractivity contribution < 1.29 is 4.79 Å². The molecular weight excluding hydrogens is 262 g/mol. The van der Waals surface area contributed by atoms with Crippen molar-refractivity contribution in [2.75, 3.05) is 13.6 Å². The zero-order valence-electron chi connectivity index (χ0n) is 14.4. The van der Waals surface area contributed by atoms with Gasteiger partial charge in [0.1, 0.15) is 0 Å². The molecule has 2 fully saturated rings. The largest absolute Gasteiger partial charge is 0.324 e. The van der Waals surface area contributed by atoms with E-state index in [2.05, 4.69) is 49.9 Å². The number of rotatable bonds is 8. The summed E-state index contributed by atoms with van der Waals surface area (Å²) >= 11 is 0. The molecular formula is C17H33N3O. The summed E-state index contributed by atoms with van der Waals surface area (Å²) in [5, 5.41) is 3.59. The Morgan fingerprint density at radius 3 is 2.52 bits per heavy atom. The first-order valence-electron chi connectivity index (χ1n) is 8.78. The number of hydrogen-bond acceptors (Lipinski definition) is 3. The van der Waals surface area contributed by atoms with Gasteiger partial charge in [-0.15, -0.1) is 0 Å². The summed E-state index contributed by atoms with van der Waals surface area (Å²) in [6, 6.07) is 1.21. The summed E-state index contributed by atoms with van der Waals surface area (Å²) in [5.74, 6) is 0.733. The highest BCUT2D eigenvalue weighted by atomic mass is 16.2. The van der Waals surface area contributed by atoms with Gasteiger partial charge in [0.25, 0.3) is 0 Å². The quantitative estimate of drug-likeness (QED) is 0.747. The van der Waals surface area contributed by atoms with Crippen LogP contribution >= 0.6 is 0 Å². The Morgan fingerprint density at radius 1 is 1.33 bits per heavy atom. The fraction of sp³-hybridized carbons (Fsp3) is 0.941. The maximum atomic E-state index is 12.8. The van der Waals surface area contributed by atoms with Crippen LogP contribution in [-0.2, 0) is 4.79 Å². The minimum absolute atomic E-state index is 0.0185. The number of hydrogen-bond donors (Lipinski definition) is 1. The molecule has 1 saturated heterocycles. The van der Waals surface area contributed by atoms with Gasteiger partial charge in [-0.05, 0) is 39.2 Å². The van der Waals surface area contributed by atoms with Crippen LogP contribution in [0.1, 0.15) is 59.8 Å². The number of carbonyl (C=O) groups is 1. The monoisotopic (exact) mass is 295 g/mol. The highest BCUT2D eigenvalue weighted by Gasteiger charge is 2.41. The van der Waals surface area contributed by atoms with Crippen molar-refractivity contribution in [1.29, 1.82) is 0 Å². The predicted molar refractivity (Wildman–Crippen MR) is 87.0 cm³/mol. The van der Waals surface area contributed by atoms with Crippen molar-refractivity contribution in [3.05, 3.63) is 0 Å². The number of nitrogens with zero attached hydrogens (tertiary/aromatic N) is 2. The molecule has 0 spiro atoms. The normalized spacial score (nSPS) is 29.2. The first-order chi connectivity index (χ1) is 9.99. The van der Waals surface area contributed by atoms with Gasteiger partial charge in [0.2, 0.25) is 5.91 Å². The van der Waals surface area contributed by atoms with Gasteiger partial charge in [-0.2, -0.15) is 0 Å². The van der Waals surface area contributed by atoms with E-state index in [1.807, 2.05) is 0 Å². The topological polar surface area (TPSA) is 35.6 Å². The Kier molecular flexibility index (Phi) is 5.67. The number of likely N-dealkylation sites (N-methyl/N-ethyl adjacent to an activating group) is 1. The van der Waals surface area contributed by atoms with Crippen molar-refractivity contribution >= 4 is 5.91 Å². The van der Waals surface area contributed by atoms with Gasteiger partial charge in [0, 0.05) is 18.6 Å². The third-order valence-electron chi connectivity index (χ3n) is 5.35. The van der Waals surface area contributed by atoms with Crippen LogP contribution in [-0.4, -0.2) is 53.6 Å². The minimum Gasteiger partial charge on any atom is -0.324 e. The minimum atomic E-state index is 0.0185. The first-order valence-corrected chi connectivity index (χ1v) is 8.78. The standard InChI is InChI=1S/C17H33N3O/c1-6-8-15-18-16(12(3)7-2)17(21)20(15)11-13(4)19(5)14-9-10-14/h12-16,18H,6-11H2,1-5H3. The fourth-order valence-electron chi connectivity index (χ4n) is 3.33. The van der Waals surface area contributed by atoms with Crippen molar-refractivity contribution in [3.63, 3.8) is 0 Å². The second-order valence-corrected chi connectivity index (χ2v) is 7.07. The summed E-state index contributed by atoms with van der Waals surface area (Å²) in [4.78, 5) is 17.3. The Balaban J connectivity index is 2.01. The Labute approximate surface area is 130 Å². The molecule has 4 unspecified atom stereocenters. The average molecular weight is 295 g/mol. The van der Waals surface area contributed by atoms with Gasteiger partial charge in [-0.1, -0.05) is 33.6 Å². The van der Waals surface area contributed by atoms with Crippen LogP contribution in [0.2, 0.25) is 0 Å². The van der Waals surface area contributed by atoms with E-state index in [4.69, 9.17) is 0 Å². The van der Waals surface area contributed by atoms with Gasteiger partial charge in [0.05, 0.1) is 12.2 Å². The molecule has 122 valence electrons. The molecule has 2 rings (SSSR count). The van der Waals surface area contributed by atoms with E-state index < -0.39 is 0 Å². The van der Waals surface area contributed by atoms with Gasteiger partial charge in [0.15, 0.2) is 0 Å². The first kappa shape index (κ1) is 16.8. The van der Waals surface area contributed by atoms with Gasteiger partial charge in [-0.25, -0.2) is 0 Å². The second kappa shape index (κ2) is 7.10. The molecule has 0 bridgehead atoms. The Bertz CT molecular complexity index is 356. The number of nitrogens with one attached hydrogen (secondary N) is 1. The highest BCUT2D eigenvalue weighted by Crippen LogP contribution is 2.28. The lowest BCUT2D eigenvalue weighted by Gasteiger charge is -2.32. The second-order valence-electron chi connectivity index (χ2n) is 7.07. The number of carbonyl (C=O) groups excluding carboxylic acids is 1. The smallest absolute Gasteiger partial charge is 0.241 e. The van der Waals surface area contributed by atoms with E-state index in [-0.39, 0.29) is 12.2 Å². The molecule has 1 aliphatic heterocycles. The molecule has 0 aromatic carbocycles. The molecule has 1 aliphatic carbocycles. The molecule has 1 heterocycles. The van der Waals surface area contributed by atoms with Crippen LogP contribution in [0.4, 0.5) is 0 Å². The van der Waals surface area contributed by atoms with Crippen LogP contribution in [0.15, 0.2) is 0 Å². The van der Waals surface area contributed by atoms with Crippen LogP contribution in [0.3, 0.4) is 0 Å². The zero-order valence-corrected chi connectivity index (χ0v) is 14.4. The average Bonchev–Trinajstić information content (AvgIpc) is 3.27. The third kappa shape index (κ3) is 3.78. The zero-order chi connectivity index (χ0) is 15.6. The van der Waals surface area contributed by atoms with Crippen LogP contribution in [0.25, 0.3) is 0 Å². The summed E-state index contributed by atoms with van der Waals surface area (Å²) in [5.41, 5.74) is 0. The third-order valence-corrected chi connectivity index (χ3v) is 5.35. The van der Waals surface area contributed by atoms with E-state index in [0.29, 0.717) is 17.9 Å². The molecule has 0 radical (unpaired) electrons. The van der Waals surface area contributed by atoms with Gasteiger partial charge < -0.3 is 4.90 Å². The predicted octanol–water partition coefficient (Wildman–Crippen LogP) is 2.44. The summed E-state index contributed by atoms with van der Waals surface area (Å²) in [7, 11) is 2.21. The Hall–Kier alpha value is -0.610. The van der Waals surface area contributed by atoms with E-state index in [0.717, 1.165) is 31.8 Å². The van der Waals surface area contributed by atoms with E-state index in [9.17, 15) is 4.79 Å². The fourth-order valence-corrected chi connectivity index (χ4v) is 3.33.